The smallest absolute Gasteiger partial charge is 0.258 e. The third-order valence-electron chi connectivity index (χ3n) is 7.13. The molecule has 5 rings (SSSR count). The Bertz CT molecular complexity index is 1040. The molecule has 3 aliphatic rings. The molecule has 0 saturated carbocycles. The van der Waals surface area contributed by atoms with E-state index in [2.05, 4.69) is 5.32 Å². The summed E-state index contributed by atoms with van der Waals surface area (Å²) in [6, 6.07) is 10.9. The second kappa shape index (κ2) is 10.9. The number of carbonyl (C=O) groups excluding carboxylic acids is 1. The summed E-state index contributed by atoms with van der Waals surface area (Å²) in [7, 11) is 0. The Hall–Kier alpha value is -2.71. The molecule has 1 N–H and O–H groups in total. The van der Waals surface area contributed by atoms with Gasteiger partial charge in [0.2, 0.25) is 0 Å². The summed E-state index contributed by atoms with van der Waals surface area (Å²) in [6.45, 7) is 3.55. The van der Waals surface area contributed by atoms with E-state index < -0.39 is 0 Å². The van der Waals surface area contributed by atoms with Crippen LogP contribution in [0.4, 0.5) is 20.2 Å². The van der Waals surface area contributed by atoms with Crippen molar-refractivity contribution in [2.45, 2.75) is 44.2 Å². The molecule has 0 aliphatic carbocycles. The second-order valence-electron chi connectivity index (χ2n) is 9.54. The number of nitrogens with zero attached hydrogens (tertiary/aromatic N) is 2. The number of anilines is 2. The molecule has 188 valence electrons. The summed E-state index contributed by atoms with van der Waals surface area (Å²) in [5.41, 5.74) is 2.70. The van der Waals surface area contributed by atoms with Gasteiger partial charge >= 0.3 is 0 Å². The highest BCUT2D eigenvalue weighted by molar-refractivity contribution is 6.08. The molecular formula is C27H33F2N3O3. The summed E-state index contributed by atoms with van der Waals surface area (Å²) in [5, 5.41) is 3.33. The van der Waals surface area contributed by atoms with Crippen LogP contribution in [0, 0.1) is 5.82 Å². The van der Waals surface area contributed by atoms with Crippen molar-refractivity contribution in [3.8, 4) is 5.75 Å². The van der Waals surface area contributed by atoms with Gasteiger partial charge in [0, 0.05) is 43.5 Å². The fourth-order valence-corrected chi connectivity index (χ4v) is 5.20. The number of rotatable bonds is 9. The molecule has 8 heteroatoms. The van der Waals surface area contributed by atoms with Crippen LogP contribution >= 0.6 is 0 Å². The highest BCUT2D eigenvalue weighted by atomic mass is 19.1. The van der Waals surface area contributed by atoms with E-state index in [-0.39, 0.29) is 30.5 Å². The second-order valence-corrected chi connectivity index (χ2v) is 9.54. The zero-order valence-electron chi connectivity index (χ0n) is 20.0. The van der Waals surface area contributed by atoms with E-state index in [9.17, 15) is 9.18 Å². The molecule has 2 atom stereocenters. The van der Waals surface area contributed by atoms with Crippen LogP contribution in [-0.4, -0.2) is 64.1 Å². The Labute approximate surface area is 205 Å². The lowest BCUT2D eigenvalue weighted by Crippen LogP contribution is -2.37. The van der Waals surface area contributed by atoms with Gasteiger partial charge in [0.15, 0.2) is 0 Å². The normalized spacial score (nSPS) is 22.1. The number of ether oxygens (including phenoxy) is 2. The van der Waals surface area contributed by atoms with Crippen molar-refractivity contribution in [1.29, 1.82) is 0 Å². The molecule has 2 aromatic carbocycles. The molecule has 2 unspecified atom stereocenters. The Balaban J connectivity index is 1.22. The van der Waals surface area contributed by atoms with Gasteiger partial charge < -0.3 is 24.6 Å². The van der Waals surface area contributed by atoms with Crippen LogP contribution in [0.5, 0.6) is 5.75 Å². The molecule has 6 nitrogen and oxygen atoms in total. The molecule has 0 aromatic heterocycles. The maximum atomic E-state index is 15.1. The summed E-state index contributed by atoms with van der Waals surface area (Å²) < 4.78 is 38.9. The van der Waals surface area contributed by atoms with Gasteiger partial charge in [-0.2, -0.15) is 0 Å². The standard InChI is InChI=1S/C27H33F2N3O3/c28-10-2-11-30-20-9-12-31(17-20)26-7-4-21(16-25(26)29)32-13-8-19-15-22(5-6-24(19)27(32)33)35-18-23-3-1-14-34-23/h4-7,15-16,20,23,30H,1-3,8-14,17-18H2. The van der Waals surface area contributed by atoms with E-state index in [0.29, 0.717) is 56.0 Å². The average Bonchev–Trinajstić information content (AvgIpc) is 3.55. The van der Waals surface area contributed by atoms with E-state index in [1.54, 1.807) is 17.0 Å². The lowest BCUT2D eigenvalue weighted by Gasteiger charge is -2.30. The van der Waals surface area contributed by atoms with E-state index >= 15 is 4.39 Å². The number of carbonyl (C=O) groups is 1. The largest absolute Gasteiger partial charge is 0.491 e. The molecule has 0 radical (unpaired) electrons. The first-order valence-corrected chi connectivity index (χ1v) is 12.7. The monoisotopic (exact) mass is 485 g/mol. The fraction of sp³-hybridized carbons (Fsp3) is 0.519. The minimum absolute atomic E-state index is 0.123. The van der Waals surface area contributed by atoms with Crippen molar-refractivity contribution >= 4 is 17.3 Å². The number of hydrogen-bond acceptors (Lipinski definition) is 5. The zero-order valence-corrected chi connectivity index (χ0v) is 20.0. The third kappa shape index (κ3) is 5.43. The van der Waals surface area contributed by atoms with Crippen molar-refractivity contribution in [1.82, 2.24) is 5.32 Å². The van der Waals surface area contributed by atoms with Gasteiger partial charge in [-0.15, -0.1) is 0 Å². The van der Waals surface area contributed by atoms with Crippen LogP contribution < -0.4 is 19.9 Å². The molecular weight excluding hydrogens is 452 g/mol. The lowest BCUT2D eigenvalue weighted by molar-refractivity contribution is 0.0679. The van der Waals surface area contributed by atoms with Gasteiger partial charge in [0.05, 0.1) is 18.5 Å². The summed E-state index contributed by atoms with van der Waals surface area (Å²) in [5.74, 6) is 0.296. The molecule has 35 heavy (non-hydrogen) atoms. The van der Waals surface area contributed by atoms with Gasteiger partial charge in [-0.1, -0.05) is 0 Å². The van der Waals surface area contributed by atoms with E-state index in [4.69, 9.17) is 9.47 Å². The average molecular weight is 486 g/mol. The van der Waals surface area contributed by atoms with Gasteiger partial charge in [-0.25, -0.2) is 4.39 Å². The Morgan fingerprint density at radius 1 is 1.14 bits per heavy atom. The predicted molar refractivity (Wildman–Crippen MR) is 132 cm³/mol. The van der Waals surface area contributed by atoms with Gasteiger partial charge in [-0.3, -0.25) is 9.18 Å². The SMILES string of the molecule is O=C1c2ccc(OCC3CCCO3)cc2CCN1c1ccc(N2CCC(NCCCF)C2)c(F)c1. The first kappa shape index (κ1) is 24.0. The molecule has 1 amide bonds. The molecule has 0 spiro atoms. The highest BCUT2D eigenvalue weighted by Crippen LogP contribution is 2.31. The summed E-state index contributed by atoms with van der Waals surface area (Å²) in [4.78, 5) is 16.9. The molecule has 2 fully saturated rings. The lowest BCUT2D eigenvalue weighted by atomic mass is 9.98. The van der Waals surface area contributed by atoms with E-state index in [0.717, 1.165) is 43.7 Å². The molecule has 3 aliphatic heterocycles. The van der Waals surface area contributed by atoms with E-state index in [1.165, 1.54) is 6.07 Å². The molecule has 3 heterocycles. The fourth-order valence-electron chi connectivity index (χ4n) is 5.20. The van der Waals surface area contributed by atoms with Crippen LogP contribution in [0.2, 0.25) is 0 Å². The number of amides is 1. The molecule has 2 saturated heterocycles. The first-order chi connectivity index (χ1) is 17.1. The maximum absolute atomic E-state index is 15.1. The summed E-state index contributed by atoms with van der Waals surface area (Å²) >= 11 is 0. The zero-order chi connectivity index (χ0) is 24.2. The van der Waals surface area contributed by atoms with Crippen molar-refractivity contribution in [2.75, 3.05) is 55.9 Å². The van der Waals surface area contributed by atoms with Crippen molar-refractivity contribution in [3.05, 3.63) is 53.3 Å². The van der Waals surface area contributed by atoms with Gasteiger partial charge in [-0.05, 0) is 80.6 Å². The van der Waals surface area contributed by atoms with Crippen LogP contribution in [0.3, 0.4) is 0 Å². The highest BCUT2D eigenvalue weighted by Gasteiger charge is 2.28. The maximum Gasteiger partial charge on any atom is 0.258 e. The minimum atomic E-state index is -0.330. The molecule has 2 aromatic rings. The van der Waals surface area contributed by atoms with Crippen LogP contribution in [0.15, 0.2) is 36.4 Å². The quantitative estimate of drug-likeness (QED) is 0.542. The third-order valence-corrected chi connectivity index (χ3v) is 7.13. The number of benzene rings is 2. The molecule has 0 bridgehead atoms. The summed E-state index contributed by atoms with van der Waals surface area (Å²) in [6.07, 6.45) is 4.31. The van der Waals surface area contributed by atoms with Crippen molar-refractivity contribution < 1.29 is 23.0 Å². The van der Waals surface area contributed by atoms with Crippen LogP contribution in [-0.2, 0) is 11.2 Å². The predicted octanol–water partition coefficient (Wildman–Crippen LogP) is 4.11. The number of alkyl halides is 1. The van der Waals surface area contributed by atoms with Gasteiger partial charge in [0.1, 0.15) is 18.2 Å². The Morgan fingerprint density at radius 2 is 2.06 bits per heavy atom. The topological polar surface area (TPSA) is 54.0 Å². The minimum Gasteiger partial charge on any atom is -0.491 e. The number of halogens is 2. The van der Waals surface area contributed by atoms with Crippen LogP contribution in [0.25, 0.3) is 0 Å². The Morgan fingerprint density at radius 3 is 2.86 bits per heavy atom. The number of fused-ring (bicyclic) bond motifs is 1. The van der Waals surface area contributed by atoms with Crippen molar-refractivity contribution in [2.24, 2.45) is 0 Å². The van der Waals surface area contributed by atoms with Crippen molar-refractivity contribution in [3.63, 3.8) is 0 Å². The number of nitrogens with one attached hydrogen (secondary N) is 1. The van der Waals surface area contributed by atoms with E-state index in [1.807, 2.05) is 23.1 Å². The first-order valence-electron chi connectivity index (χ1n) is 12.7. The van der Waals surface area contributed by atoms with Gasteiger partial charge in [0.25, 0.3) is 5.91 Å². The van der Waals surface area contributed by atoms with Crippen LogP contribution in [0.1, 0.15) is 41.6 Å². The number of hydrogen-bond donors (Lipinski definition) is 1. The Kier molecular flexibility index (Phi) is 7.48.